The molecule has 0 radical (unpaired) electrons. The highest BCUT2D eigenvalue weighted by atomic mass is 16.5. The van der Waals surface area contributed by atoms with Gasteiger partial charge in [-0.05, 0) is 25.5 Å². The van der Waals surface area contributed by atoms with Gasteiger partial charge in [-0.3, -0.25) is 4.98 Å². The number of benzene rings is 1. The third kappa shape index (κ3) is 3.11. The molecule has 0 unspecified atom stereocenters. The van der Waals surface area contributed by atoms with E-state index in [4.69, 9.17) is 4.74 Å². The lowest BCUT2D eigenvalue weighted by Gasteiger charge is -2.08. The van der Waals surface area contributed by atoms with Gasteiger partial charge in [0.1, 0.15) is 6.07 Å². The van der Waals surface area contributed by atoms with Crippen LogP contribution in [-0.4, -0.2) is 11.6 Å². The monoisotopic (exact) mass is 252 g/mol. The number of ether oxygens (including phenoxy) is 1. The Balaban J connectivity index is 2.37. The van der Waals surface area contributed by atoms with Crippen molar-refractivity contribution in [3.63, 3.8) is 0 Å². The van der Waals surface area contributed by atoms with Crippen LogP contribution in [0.1, 0.15) is 24.5 Å². The minimum atomic E-state index is 0.528. The summed E-state index contributed by atoms with van der Waals surface area (Å²) in [5, 5.41) is 9.19. The number of aromatic nitrogens is 1. The molecule has 0 saturated heterocycles. The Morgan fingerprint density at radius 1 is 1.32 bits per heavy atom. The van der Waals surface area contributed by atoms with Crippen LogP contribution >= 0.6 is 0 Å². The molecule has 3 heteroatoms. The Bertz CT molecular complexity index is 614. The first kappa shape index (κ1) is 13.1. The van der Waals surface area contributed by atoms with Crippen molar-refractivity contribution >= 4 is 0 Å². The van der Waals surface area contributed by atoms with Gasteiger partial charge in [-0.25, -0.2) is 0 Å². The second-order valence-corrected chi connectivity index (χ2v) is 4.40. The Morgan fingerprint density at radius 3 is 2.84 bits per heavy atom. The number of nitriles is 1. The van der Waals surface area contributed by atoms with Crippen LogP contribution < -0.4 is 4.74 Å². The van der Waals surface area contributed by atoms with E-state index < -0.39 is 0 Å². The molecule has 3 nitrogen and oxygen atoms in total. The van der Waals surface area contributed by atoms with Crippen molar-refractivity contribution in [3.05, 3.63) is 47.7 Å². The Kier molecular flexibility index (Phi) is 4.15. The fraction of sp³-hybridized carbons (Fsp3) is 0.250. The molecule has 2 aromatic rings. The third-order valence-corrected chi connectivity index (χ3v) is 2.76. The van der Waals surface area contributed by atoms with E-state index in [1.54, 1.807) is 12.3 Å². The van der Waals surface area contributed by atoms with Crippen molar-refractivity contribution in [2.24, 2.45) is 0 Å². The van der Waals surface area contributed by atoms with Gasteiger partial charge >= 0.3 is 0 Å². The van der Waals surface area contributed by atoms with Gasteiger partial charge in [0.2, 0.25) is 0 Å². The Hall–Kier alpha value is -2.34. The summed E-state index contributed by atoms with van der Waals surface area (Å²) >= 11 is 0. The summed E-state index contributed by atoms with van der Waals surface area (Å²) in [5.74, 6) is 0.556. The molecule has 0 spiro atoms. The van der Waals surface area contributed by atoms with Crippen molar-refractivity contribution in [2.45, 2.75) is 20.3 Å². The molecule has 0 bridgehead atoms. The van der Waals surface area contributed by atoms with Gasteiger partial charge in [0.05, 0.1) is 24.1 Å². The van der Waals surface area contributed by atoms with E-state index in [1.165, 1.54) is 5.56 Å². The number of pyridine rings is 1. The molecule has 1 heterocycles. The summed E-state index contributed by atoms with van der Waals surface area (Å²) in [6, 6.07) is 12.0. The number of hydrogen-bond donors (Lipinski definition) is 0. The summed E-state index contributed by atoms with van der Waals surface area (Å²) in [5.41, 5.74) is 3.51. The van der Waals surface area contributed by atoms with E-state index in [1.807, 2.05) is 32.0 Å². The molecule has 2 rings (SSSR count). The minimum absolute atomic E-state index is 0.528. The quantitative estimate of drug-likeness (QED) is 0.833. The third-order valence-electron chi connectivity index (χ3n) is 2.76. The molecule has 0 aliphatic heterocycles. The standard InChI is InChI=1S/C16H16N2O/c1-3-7-19-16-11-18-15(9-14(16)10-17)13-6-4-5-12(2)8-13/h4-6,8-9,11H,3,7H2,1-2H3. The number of aryl methyl sites for hydroxylation is 1. The predicted octanol–water partition coefficient (Wildman–Crippen LogP) is 3.72. The van der Waals surface area contributed by atoms with E-state index in [-0.39, 0.29) is 0 Å². The van der Waals surface area contributed by atoms with Gasteiger partial charge in [-0.1, -0.05) is 30.7 Å². The highest BCUT2D eigenvalue weighted by Gasteiger charge is 2.07. The lowest BCUT2D eigenvalue weighted by atomic mass is 10.1. The number of rotatable bonds is 4. The van der Waals surface area contributed by atoms with Gasteiger partial charge in [0, 0.05) is 5.56 Å². The first-order valence-corrected chi connectivity index (χ1v) is 6.34. The van der Waals surface area contributed by atoms with Crippen molar-refractivity contribution in [3.8, 4) is 23.1 Å². The zero-order valence-electron chi connectivity index (χ0n) is 11.2. The van der Waals surface area contributed by atoms with E-state index in [0.717, 1.165) is 17.7 Å². The maximum absolute atomic E-state index is 9.19. The maximum Gasteiger partial charge on any atom is 0.155 e. The second-order valence-electron chi connectivity index (χ2n) is 4.40. The van der Waals surface area contributed by atoms with Gasteiger partial charge in [0.15, 0.2) is 5.75 Å². The molecule has 0 aliphatic carbocycles. The predicted molar refractivity (Wildman–Crippen MR) is 74.9 cm³/mol. The average molecular weight is 252 g/mol. The maximum atomic E-state index is 9.19. The lowest BCUT2D eigenvalue weighted by Crippen LogP contribution is -1.98. The fourth-order valence-electron chi connectivity index (χ4n) is 1.82. The smallest absolute Gasteiger partial charge is 0.155 e. The molecule has 0 amide bonds. The van der Waals surface area contributed by atoms with E-state index >= 15 is 0 Å². The highest BCUT2D eigenvalue weighted by molar-refractivity contribution is 5.63. The topological polar surface area (TPSA) is 45.9 Å². The zero-order valence-corrected chi connectivity index (χ0v) is 11.2. The first-order valence-electron chi connectivity index (χ1n) is 6.34. The van der Waals surface area contributed by atoms with Crippen LogP contribution in [-0.2, 0) is 0 Å². The van der Waals surface area contributed by atoms with Crippen LogP contribution in [0, 0.1) is 18.3 Å². The second kappa shape index (κ2) is 6.01. The molecule has 1 aromatic carbocycles. The molecule has 0 atom stereocenters. The Labute approximate surface area is 113 Å². The van der Waals surface area contributed by atoms with Crippen molar-refractivity contribution in [1.29, 1.82) is 5.26 Å². The SMILES string of the molecule is CCCOc1cnc(-c2cccc(C)c2)cc1C#N. The fourth-order valence-corrected chi connectivity index (χ4v) is 1.82. The summed E-state index contributed by atoms with van der Waals surface area (Å²) in [6.45, 7) is 4.66. The van der Waals surface area contributed by atoms with E-state index in [2.05, 4.69) is 17.1 Å². The first-order chi connectivity index (χ1) is 9.24. The van der Waals surface area contributed by atoms with Crippen LogP contribution in [0.4, 0.5) is 0 Å². The summed E-state index contributed by atoms with van der Waals surface area (Å²) in [4.78, 5) is 4.38. The van der Waals surface area contributed by atoms with E-state index in [0.29, 0.717) is 17.9 Å². The van der Waals surface area contributed by atoms with Crippen LogP contribution in [0.3, 0.4) is 0 Å². The van der Waals surface area contributed by atoms with Crippen LogP contribution in [0.2, 0.25) is 0 Å². The van der Waals surface area contributed by atoms with Crippen molar-refractivity contribution in [1.82, 2.24) is 4.98 Å². The molecule has 1 aromatic heterocycles. The van der Waals surface area contributed by atoms with Gasteiger partial charge in [-0.2, -0.15) is 5.26 Å². The lowest BCUT2D eigenvalue weighted by molar-refractivity contribution is 0.315. The molecule has 96 valence electrons. The minimum Gasteiger partial charge on any atom is -0.491 e. The zero-order chi connectivity index (χ0) is 13.7. The van der Waals surface area contributed by atoms with Crippen LogP contribution in [0.15, 0.2) is 36.5 Å². The van der Waals surface area contributed by atoms with E-state index in [9.17, 15) is 5.26 Å². The number of nitrogens with zero attached hydrogens (tertiary/aromatic N) is 2. The number of hydrogen-bond acceptors (Lipinski definition) is 3. The highest BCUT2D eigenvalue weighted by Crippen LogP contribution is 2.24. The molecule has 19 heavy (non-hydrogen) atoms. The van der Waals surface area contributed by atoms with Crippen LogP contribution in [0.5, 0.6) is 5.75 Å². The molecule has 0 fully saturated rings. The summed E-state index contributed by atoms with van der Waals surface area (Å²) < 4.78 is 5.51. The normalized spacial score (nSPS) is 9.95. The largest absolute Gasteiger partial charge is 0.491 e. The molecule has 0 aliphatic rings. The molecular weight excluding hydrogens is 236 g/mol. The van der Waals surface area contributed by atoms with Gasteiger partial charge < -0.3 is 4.74 Å². The van der Waals surface area contributed by atoms with Gasteiger partial charge in [-0.15, -0.1) is 0 Å². The van der Waals surface area contributed by atoms with Crippen LogP contribution in [0.25, 0.3) is 11.3 Å². The molecular formula is C16H16N2O. The van der Waals surface area contributed by atoms with Crippen molar-refractivity contribution < 1.29 is 4.74 Å². The van der Waals surface area contributed by atoms with Crippen molar-refractivity contribution in [2.75, 3.05) is 6.61 Å². The molecule has 0 N–H and O–H groups in total. The van der Waals surface area contributed by atoms with Gasteiger partial charge in [0.25, 0.3) is 0 Å². The summed E-state index contributed by atoms with van der Waals surface area (Å²) in [7, 11) is 0. The average Bonchev–Trinajstić information content (AvgIpc) is 2.45. The Morgan fingerprint density at radius 2 is 2.16 bits per heavy atom. The summed E-state index contributed by atoms with van der Waals surface area (Å²) in [6.07, 6.45) is 2.54. The molecule has 0 saturated carbocycles.